The zero-order chi connectivity index (χ0) is 23.7. The molecule has 0 aliphatic heterocycles. The quantitative estimate of drug-likeness (QED) is 0.292. The van der Waals surface area contributed by atoms with Crippen molar-refractivity contribution in [2.45, 2.75) is 26.7 Å². The maximum atomic E-state index is 9.63. The van der Waals surface area contributed by atoms with Gasteiger partial charge in [0.1, 0.15) is 12.1 Å². The minimum Gasteiger partial charge on any atom is -0.192 e. The van der Waals surface area contributed by atoms with Crippen LogP contribution in [0.2, 0.25) is 0 Å². The Balaban J connectivity index is 1.55. The molecule has 5 aromatic rings. The number of hydrogen-bond donors (Lipinski definition) is 0. The van der Waals surface area contributed by atoms with Gasteiger partial charge in [0.2, 0.25) is 0 Å². The molecule has 0 saturated carbocycles. The second kappa shape index (κ2) is 8.86. The van der Waals surface area contributed by atoms with Crippen LogP contribution in [0.15, 0.2) is 84.9 Å². The van der Waals surface area contributed by atoms with Crippen LogP contribution in [0.25, 0.3) is 21.5 Å². The van der Waals surface area contributed by atoms with Crippen LogP contribution in [0, 0.1) is 36.5 Å². The van der Waals surface area contributed by atoms with Gasteiger partial charge in [-0.05, 0) is 82.6 Å². The zero-order valence-corrected chi connectivity index (χ0v) is 19.4. The van der Waals surface area contributed by atoms with Crippen molar-refractivity contribution >= 4 is 21.5 Å². The molecule has 0 fully saturated rings. The van der Waals surface area contributed by atoms with Crippen LogP contribution in [0.4, 0.5) is 0 Å². The SMILES string of the molecule is Cc1ccc2cc(Cc3cc(C#N)c(C#N)cc3Cc3ccc4cc(C)ccc4c3)ccc2c1. The molecule has 0 bridgehead atoms. The van der Waals surface area contributed by atoms with Gasteiger partial charge in [-0.25, -0.2) is 0 Å². The Morgan fingerprint density at radius 3 is 1.29 bits per heavy atom. The zero-order valence-electron chi connectivity index (χ0n) is 19.4. The minimum atomic E-state index is 0.437. The highest BCUT2D eigenvalue weighted by molar-refractivity contribution is 5.84. The Hall–Kier alpha value is -4.40. The number of rotatable bonds is 4. The molecule has 162 valence electrons. The monoisotopic (exact) mass is 436 g/mol. The molecule has 34 heavy (non-hydrogen) atoms. The molecule has 2 nitrogen and oxygen atoms in total. The van der Waals surface area contributed by atoms with Gasteiger partial charge in [-0.3, -0.25) is 0 Å². The second-order valence-electron chi connectivity index (χ2n) is 9.11. The Morgan fingerprint density at radius 2 is 0.882 bits per heavy atom. The first kappa shape index (κ1) is 21.4. The summed E-state index contributed by atoms with van der Waals surface area (Å²) in [6, 6.07) is 34.3. The minimum absolute atomic E-state index is 0.437. The summed E-state index contributed by atoms with van der Waals surface area (Å²) in [7, 11) is 0. The van der Waals surface area contributed by atoms with E-state index in [0.29, 0.717) is 24.0 Å². The van der Waals surface area contributed by atoms with Gasteiger partial charge in [0.15, 0.2) is 0 Å². The Morgan fingerprint density at radius 1 is 0.500 bits per heavy atom. The Labute approximate surface area is 200 Å². The highest BCUT2D eigenvalue weighted by atomic mass is 14.3. The summed E-state index contributed by atoms with van der Waals surface area (Å²) < 4.78 is 0. The normalized spacial score (nSPS) is 10.8. The maximum Gasteiger partial charge on any atom is 0.101 e. The first-order valence-corrected chi connectivity index (χ1v) is 11.5. The molecule has 0 spiro atoms. The molecule has 0 aliphatic rings. The number of fused-ring (bicyclic) bond motifs is 2. The molecule has 0 radical (unpaired) electrons. The molecule has 0 unspecified atom stereocenters. The molecule has 5 aromatic carbocycles. The van der Waals surface area contributed by atoms with Crippen molar-refractivity contribution in [3.05, 3.63) is 129 Å². The van der Waals surface area contributed by atoms with Crippen molar-refractivity contribution in [1.82, 2.24) is 0 Å². The third kappa shape index (κ3) is 4.27. The predicted octanol–water partition coefficient (Wildman–Crippen LogP) is 7.53. The Bertz CT molecular complexity index is 1520. The number of aryl methyl sites for hydroxylation is 2. The third-order valence-corrected chi connectivity index (χ3v) is 6.49. The van der Waals surface area contributed by atoms with Crippen molar-refractivity contribution in [2.24, 2.45) is 0 Å². The van der Waals surface area contributed by atoms with Gasteiger partial charge in [0.25, 0.3) is 0 Å². The number of nitriles is 2. The Kier molecular flexibility index (Phi) is 5.59. The lowest BCUT2D eigenvalue weighted by Crippen LogP contribution is -2.01. The predicted molar refractivity (Wildman–Crippen MR) is 139 cm³/mol. The topological polar surface area (TPSA) is 47.6 Å². The van der Waals surface area contributed by atoms with Crippen molar-refractivity contribution in [2.75, 3.05) is 0 Å². The third-order valence-electron chi connectivity index (χ3n) is 6.49. The molecule has 2 heteroatoms. The molecular formula is C32H24N2. The molecule has 0 saturated heterocycles. The number of hydrogen-bond acceptors (Lipinski definition) is 2. The van der Waals surface area contributed by atoms with Crippen LogP contribution >= 0.6 is 0 Å². The van der Waals surface area contributed by atoms with Crippen LogP contribution < -0.4 is 0 Å². The van der Waals surface area contributed by atoms with Crippen molar-refractivity contribution in [3.63, 3.8) is 0 Å². The van der Waals surface area contributed by atoms with Gasteiger partial charge < -0.3 is 0 Å². The van der Waals surface area contributed by atoms with E-state index in [1.165, 1.54) is 43.8 Å². The molecule has 0 amide bonds. The van der Waals surface area contributed by atoms with Gasteiger partial charge in [0, 0.05) is 0 Å². The number of benzene rings is 5. The van der Waals surface area contributed by atoms with Crippen molar-refractivity contribution < 1.29 is 0 Å². The lowest BCUT2D eigenvalue weighted by Gasteiger charge is -2.13. The summed E-state index contributed by atoms with van der Waals surface area (Å²) >= 11 is 0. The summed E-state index contributed by atoms with van der Waals surface area (Å²) in [5.74, 6) is 0. The van der Waals surface area contributed by atoms with Crippen LogP contribution in [-0.4, -0.2) is 0 Å². The molecule has 0 aliphatic carbocycles. The summed E-state index contributed by atoms with van der Waals surface area (Å²) in [4.78, 5) is 0. The molecular weight excluding hydrogens is 412 g/mol. The van der Waals surface area contributed by atoms with E-state index in [4.69, 9.17) is 0 Å². The van der Waals surface area contributed by atoms with Crippen molar-refractivity contribution in [3.8, 4) is 12.1 Å². The standard InChI is InChI=1S/C32H24N2/c1-21-3-7-27-13-23(5-9-25(27)11-21)15-29-17-31(19-33)32(20-34)18-30(29)16-24-6-10-26-12-22(2)4-8-28(26)14-24/h3-14,17-18H,15-16H2,1-2H3. The first-order valence-electron chi connectivity index (χ1n) is 11.5. The second-order valence-corrected chi connectivity index (χ2v) is 9.11. The lowest BCUT2D eigenvalue weighted by atomic mass is 9.90. The van der Waals surface area contributed by atoms with E-state index in [9.17, 15) is 10.5 Å². The summed E-state index contributed by atoms with van der Waals surface area (Å²) in [6.07, 6.45) is 1.43. The fourth-order valence-electron chi connectivity index (χ4n) is 4.69. The van der Waals surface area contributed by atoms with E-state index in [1.807, 2.05) is 12.1 Å². The molecule has 0 N–H and O–H groups in total. The summed E-state index contributed by atoms with van der Waals surface area (Å²) in [5, 5.41) is 24.1. The highest BCUT2D eigenvalue weighted by Gasteiger charge is 2.12. The largest absolute Gasteiger partial charge is 0.192 e. The fourth-order valence-corrected chi connectivity index (χ4v) is 4.69. The molecule has 0 heterocycles. The highest BCUT2D eigenvalue weighted by Crippen LogP contribution is 2.26. The van der Waals surface area contributed by atoms with Gasteiger partial charge in [-0.2, -0.15) is 10.5 Å². The molecule has 0 aromatic heterocycles. The van der Waals surface area contributed by atoms with E-state index < -0.39 is 0 Å². The summed E-state index contributed by atoms with van der Waals surface area (Å²) in [6.45, 7) is 4.21. The van der Waals surface area contributed by atoms with Crippen LogP contribution in [-0.2, 0) is 12.8 Å². The van der Waals surface area contributed by atoms with Crippen molar-refractivity contribution in [1.29, 1.82) is 10.5 Å². The first-order chi connectivity index (χ1) is 16.5. The average Bonchev–Trinajstić information content (AvgIpc) is 2.85. The summed E-state index contributed by atoms with van der Waals surface area (Å²) in [5.41, 5.74) is 7.94. The van der Waals surface area contributed by atoms with Crippen LogP contribution in [0.3, 0.4) is 0 Å². The molecule has 0 atom stereocenters. The maximum absolute atomic E-state index is 9.63. The molecule has 5 rings (SSSR count). The average molecular weight is 437 g/mol. The number of nitrogens with zero attached hydrogens (tertiary/aromatic N) is 2. The van der Waals surface area contributed by atoms with Gasteiger partial charge in [0.05, 0.1) is 11.1 Å². The van der Waals surface area contributed by atoms with E-state index in [-0.39, 0.29) is 0 Å². The lowest BCUT2D eigenvalue weighted by molar-refractivity contribution is 1.09. The van der Waals surface area contributed by atoms with Gasteiger partial charge in [-0.1, -0.05) is 83.9 Å². The van der Waals surface area contributed by atoms with E-state index >= 15 is 0 Å². The fraction of sp³-hybridized carbons (Fsp3) is 0.125. The van der Waals surface area contributed by atoms with Crippen LogP contribution in [0.5, 0.6) is 0 Å². The van der Waals surface area contributed by atoms with E-state index in [0.717, 1.165) is 11.1 Å². The van der Waals surface area contributed by atoms with Crippen LogP contribution in [0.1, 0.15) is 44.5 Å². The van der Waals surface area contributed by atoms with E-state index in [1.54, 1.807) is 0 Å². The smallest absolute Gasteiger partial charge is 0.101 e. The van der Waals surface area contributed by atoms with Gasteiger partial charge in [-0.15, -0.1) is 0 Å². The van der Waals surface area contributed by atoms with E-state index in [2.05, 4.69) is 98.8 Å². The van der Waals surface area contributed by atoms with Gasteiger partial charge >= 0.3 is 0 Å².